The number of ether oxygens (including phenoxy) is 2. The number of pyridine rings is 1. The van der Waals surface area contributed by atoms with E-state index in [0.29, 0.717) is 34.1 Å². The van der Waals surface area contributed by atoms with Crippen molar-refractivity contribution in [3.8, 4) is 11.5 Å². The molecule has 0 saturated heterocycles. The number of anilines is 2. The molecule has 3 amide bonds. The third-order valence-electron chi connectivity index (χ3n) is 6.87. The molecule has 0 aliphatic heterocycles. The number of hydrogen-bond acceptors (Lipinski definition) is 7. The summed E-state index contributed by atoms with van der Waals surface area (Å²) in [5.41, 5.74) is 2.22. The van der Waals surface area contributed by atoms with Crippen molar-refractivity contribution < 1.29 is 23.9 Å². The maximum atomic E-state index is 13.7. The lowest BCUT2D eigenvalue weighted by Crippen LogP contribution is -2.30. The molecule has 0 aliphatic carbocycles. The summed E-state index contributed by atoms with van der Waals surface area (Å²) in [7, 11) is 3.06. The number of aromatic nitrogens is 1. The van der Waals surface area contributed by atoms with Crippen molar-refractivity contribution in [3.63, 3.8) is 0 Å². The summed E-state index contributed by atoms with van der Waals surface area (Å²) in [6, 6.07) is 35.7. The van der Waals surface area contributed by atoms with E-state index in [1.54, 1.807) is 104 Å². The Kier molecular flexibility index (Phi) is 11.0. The summed E-state index contributed by atoms with van der Waals surface area (Å²) in [5, 5.41) is 7.92. The normalized spacial score (nSPS) is 11.6. The molecule has 1 heterocycles. The number of rotatable bonds is 12. The fourth-order valence-corrected chi connectivity index (χ4v) is 5.63. The van der Waals surface area contributed by atoms with Gasteiger partial charge in [0.25, 0.3) is 11.8 Å². The first-order valence-electron chi connectivity index (χ1n) is 14.6. The highest BCUT2D eigenvalue weighted by atomic mass is 32.2. The van der Waals surface area contributed by atoms with E-state index in [-0.39, 0.29) is 11.6 Å². The van der Waals surface area contributed by atoms with Crippen molar-refractivity contribution in [2.75, 3.05) is 24.9 Å². The Labute approximate surface area is 277 Å². The van der Waals surface area contributed by atoms with Crippen molar-refractivity contribution in [1.29, 1.82) is 0 Å². The quantitative estimate of drug-likeness (QED) is 0.0991. The molecule has 10 heteroatoms. The minimum atomic E-state index is -0.604. The highest BCUT2D eigenvalue weighted by Gasteiger charge is 2.23. The first-order chi connectivity index (χ1) is 22.9. The number of methoxy groups -OCH3 is 2. The summed E-state index contributed by atoms with van der Waals surface area (Å²) in [6.07, 6.45) is 3.16. The zero-order valence-corrected chi connectivity index (χ0v) is 26.5. The van der Waals surface area contributed by atoms with Gasteiger partial charge in [-0.3, -0.25) is 14.4 Å². The average molecular weight is 645 g/mol. The van der Waals surface area contributed by atoms with E-state index in [0.717, 1.165) is 10.5 Å². The molecule has 1 atom stereocenters. The van der Waals surface area contributed by atoms with Gasteiger partial charge in [-0.15, -0.1) is 11.8 Å². The van der Waals surface area contributed by atoms with Crippen LogP contribution in [0.1, 0.15) is 26.7 Å². The number of hydrogen-bond donors (Lipinski definition) is 3. The smallest absolute Gasteiger partial charge is 0.272 e. The fourth-order valence-electron chi connectivity index (χ4n) is 4.55. The lowest BCUT2D eigenvalue weighted by Gasteiger charge is -2.17. The van der Waals surface area contributed by atoms with Gasteiger partial charge in [0.1, 0.15) is 28.3 Å². The van der Waals surface area contributed by atoms with Crippen molar-refractivity contribution >= 4 is 47.1 Å². The summed E-state index contributed by atoms with van der Waals surface area (Å²) < 4.78 is 10.8. The van der Waals surface area contributed by atoms with Gasteiger partial charge in [-0.2, -0.15) is 0 Å². The monoisotopic (exact) mass is 644 g/mol. The molecule has 5 rings (SSSR count). The second-order valence-corrected chi connectivity index (χ2v) is 11.3. The van der Waals surface area contributed by atoms with Crippen molar-refractivity contribution in [2.24, 2.45) is 0 Å². The van der Waals surface area contributed by atoms with Crippen molar-refractivity contribution in [2.45, 2.75) is 10.1 Å². The Morgan fingerprint density at radius 3 is 2.21 bits per heavy atom. The second kappa shape index (κ2) is 15.9. The fraction of sp³-hybridized carbons (Fsp3) is 0.0811. The van der Waals surface area contributed by atoms with Gasteiger partial charge in [-0.05, 0) is 66.2 Å². The van der Waals surface area contributed by atoms with E-state index in [2.05, 4.69) is 20.9 Å². The standard InChI is InChI=1S/C37H32N4O5S/c1-45-29-20-19-27(32(24-29)46-2)22-31(40-35(42)26-14-7-4-8-15-26)36(43)39-28-16-11-17-30(23-28)47-34(25-12-5-3-6-13-25)37(44)41-33-18-9-10-21-38-33/h3-24,34H,1-2H3,(H,39,43)(H,40,42)(H,38,41,44)/b31-22+. The lowest BCUT2D eigenvalue weighted by atomic mass is 10.1. The highest BCUT2D eigenvalue weighted by Crippen LogP contribution is 2.37. The van der Waals surface area contributed by atoms with Gasteiger partial charge in [0, 0.05) is 34.0 Å². The van der Waals surface area contributed by atoms with Crippen LogP contribution in [0.5, 0.6) is 11.5 Å². The molecule has 0 fully saturated rings. The van der Waals surface area contributed by atoms with E-state index in [4.69, 9.17) is 9.47 Å². The van der Waals surface area contributed by atoms with Crippen molar-refractivity contribution in [3.05, 3.63) is 150 Å². The molecule has 236 valence electrons. The first kappa shape index (κ1) is 32.5. The van der Waals surface area contributed by atoms with Gasteiger partial charge in [-0.1, -0.05) is 60.7 Å². The predicted molar refractivity (Wildman–Crippen MR) is 184 cm³/mol. The molecule has 1 aromatic heterocycles. The van der Waals surface area contributed by atoms with Gasteiger partial charge < -0.3 is 25.4 Å². The highest BCUT2D eigenvalue weighted by molar-refractivity contribution is 8.00. The Balaban J connectivity index is 1.40. The Bertz CT molecular complexity index is 1870. The number of carbonyl (C=O) groups is 3. The van der Waals surface area contributed by atoms with Crippen LogP contribution in [0.15, 0.2) is 138 Å². The molecular formula is C37H32N4O5S. The molecule has 3 N–H and O–H groups in total. The van der Waals surface area contributed by atoms with E-state index in [1.807, 2.05) is 36.4 Å². The lowest BCUT2D eigenvalue weighted by molar-refractivity contribution is -0.116. The number of nitrogens with one attached hydrogen (secondary N) is 3. The maximum Gasteiger partial charge on any atom is 0.272 e. The maximum absolute atomic E-state index is 13.7. The minimum absolute atomic E-state index is 0.00252. The third kappa shape index (κ3) is 8.86. The van der Waals surface area contributed by atoms with Crippen molar-refractivity contribution in [1.82, 2.24) is 10.3 Å². The molecule has 4 aromatic carbocycles. The molecule has 0 radical (unpaired) electrons. The first-order valence-corrected chi connectivity index (χ1v) is 15.5. The molecule has 47 heavy (non-hydrogen) atoms. The van der Waals surface area contributed by atoms with Crippen LogP contribution in [-0.2, 0) is 9.59 Å². The van der Waals surface area contributed by atoms with Gasteiger partial charge in [-0.25, -0.2) is 4.98 Å². The summed E-state index contributed by atoms with van der Waals surface area (Å²) in [6.45, 7) is 0. The molecule has 0 spiro atoms. The Hall–Kier alpha value is -5.87. The average Bonchev–Trinajstić information content (AvgIpc) is 3.11. The van der Waals surface area contributed by atoms with Gasteiger partial charge in [0.15, 0.2) is 0 Å². The number of thioether (sulfide) groups is 1. The van der Waals surface area contributed by atoms with E-state index in [1.165, 1.54) is 18.9 Å². The van der Waals surface area contributed by atoms with Crippen LogP contribution < -0.4 is 25.4 Å². The molecule has 5 aromatic rings. The Morgan fingerprint density at radius 2 is 1.51 bits per heavy atom. The molecule has 0 aliphatic rings. The minimum Gasteiger partial charge on any atom is -0.497 e. The molecule has 1 unspecified atom stereocenters. The van der Waals surface area contributed by atoms with Crippen LogP contribution in [0.2, 0.25) is 0 Å². The van der Waals surface area contributed by atoms with Crippen LogP contribution in [0, 0.1) is 0 Å². The predicted octanol–water partition coefficient (Wildman–Crippen LogP) is 6.98. The van der Waals surface area contributed by atoms with Crippen LogP contribution in [-0.4, -0.2) is 36.9 Å². The summed E-state index contributed by atoms with van der Waals surface area (Å²) in [5.74, 6) is 0.241. The zero-order valence-electron chi connectivity index (χ0n) is 25.7. The zero-order chi connectivity index (χ0) is 33.0. The number of carbonyl (C=O) groups excluding carboxylic acids is 3. The topological polar surface area (TPSA) is 119 Å². The SMILES string of the molecule is COc1ccc(/C=C(/NC(=O)c2ccccc2)C(=O)Nc2cccc(SC(C(=O)Nc3ccccn3)c3ccccc3)c2)c(OC)c1. The van der Waals surface area contributed by atoms with Crippen LogP contribution in [0.4, 0.5) is 11.5 Å². The molecule has 0 bridgehead atoms. The van der Waals surface area contributed by atoms with Crippen LogP contribution >= 0.6 is 11.8 Å². The summed E-state index contributed by atoms with van der Waals surface area (Å²) in [4.78, 5) is 45.3. The molecule has 9 nitrogen and oxygen atoms in total. The third-order valence-corrected chi connectivity index (χ3v) is 8.12. The number of nitrogens with zero attached hydrogens (tertiary/aromatic N) is 1. The van der Waals surface area contributed by atoms with Gasteiger partial charge in [0.05, 0.1) is 14.2 Å². The summed E-state index contributed by atoms with van der Waals surface area (Å²) >= 11 is 1.33. The van der Waals surface area contributed by atoms with E-state index >= 15 is 0 Å². The second-order valence-electron chi connectivity index (χ2n) is 10.1. The Morgan fingerprint density at radius 1 is 0.766 bits per heavy atom. The van der Waals surface area contributed by atoms with E-state index in [9.17, 15) is 14.4 Å². The molecule has 0 saturated carbocycles. The van der Waals surface area contributed by atoms with Gasteiger partial charge >= 0.3 is 0 Å². The number of amides is 3. The molecular weight excluding hydrogens is 612 g/mol. The van der Waals surface area contributed by atoms with Crippen LogP contribution in [0.3, 0.4) is 0 Å². The van der Waals surface area contributed by atoms with E-state index < -0.39 is 17.1 Å². The van der Waals surface area contributed by atoms with Gasteiger partial charge in [0.2, 0.25) is 5.91 Å². The number of benzene rings is 4. The largest absolute Gasteiger partial charge is 0.497 e. The van der Waals surface area contributed by atoms with Crippen LogP contribution in [0.25, 0.3) is 6.08 Å².